The summed E-state index contributed by atoms with van der Waals surface area (Å²) in [6, 6.07) is 10.6. The Morgan fingerprint density at radius 1 is 1.14 bits per heavy atom. The van der Waals surface area contributed by atoms with Crippen LogP contribution < -0.4 is 0 Å². The smallest absolute Gasteiger partial charge is 0.0478 e. The first-order valence-electron chi connectivity index (χ1n) is 4.18. The van der Waals surface area contributed by atoms with Crippen molar-refractivity contribution in [2.24, 2.45) is 0 Å². The van der Waals surface area contributed by atoms with Gasteiger partial charge in [0.05, 0.1) is 0 Å². The van der Waals surface area contributed by atoms with Crippen molar-refractivity contribution in [3.8, 4) is 10.4 Å². The van der Waals surface area contributed by atoms with Gasteiger partial charge >= 0.3 is 0 Å². The van der Waals surface area contributed by atoms with Crippen LogP contribution in [0.2, 0.25) is 0 Å². The third-order valence-electron chi connectivity index (χ3n) is 1.96. The zero-order valence-corrected chi connectivity index (χ0v) is 10.9. The van der Waals surface area contributed by atoms with E-state index in [1.54, 1.807) is 23.1 Å². The Hall–Kier alpha value is -0.250. The Balaban J connectivity index is 2.44. The highest BCUT2D eigenvalue weighted by atomic mass is 79.9. The summed E-state index contributed by atoms with van der Waals surface area (Å²) < 4.78 is 1.13. The lowest BCUT2D eigenvalue weighted by Gasteiger charge is -2.00. The van der Waals surface area contributed by atoms with Gasteiger partial charge in [-0.25, -0.2) is 0 Å². The predicted molar refractivity (Wildman–Crippen MR) is 69.2 cm³/mol. The van der Waals surface area contributed by atoms with Crippen LogP contribution in [0.4, 0.5) is 0 Å². The van der Waals surface area contributed by atoms with Crippen LogP contribution in [0.5, 0.6) is 0 Å². The molecule has 0 saturated carbocycles. The maximum atomic E-state index is 3.44. The van der Waals surface area contributed by atoms with Crippen LogP contribution in [0, 0.1) is 0 Å². The number of hydrogen-bond donors (Lipinski definition) is 0. The molecule has 14 heavy (non-hydrogen) atoms. The molecule has 1 heterocycles. The summed E-state index contributed by atoms with van der Waals surface area (Å²) in [5.41, 5.74) is 1.30. The molecule has 72 valence electrons. The van der Waals surface area contributed by atoms with Crippen molar-refractivity contribution in [2.45, 2.75) is 4.90 Å². The summed E-state index contributed by atoms with van der Waals surface area (Å²) in [6.07, 6.45) is 2.12. The molecule has 0 spiro atoms. The normalized spacial score (nSPS) is 10.4. The van der Waals surface area contributed by atoms with Gasteiger partial charge in [-0.05, 0) is 35.4 Å². The van der Waals surface area contributed by atoms with Gasteiger partial charge in [-0.3, -0.25) is 0 Å². The molecule has 0 radical (unpaired) electrons. The van der Waals surface area contributed by atoms with Crippen LogP contribution >= 0.6 is 39.0 Å². The number of thiophene rings is 1. The van der Waals surface area contributed by atoms with E-state index in [0.717, 1.165) is 4.47 Å². The molecule has 0 aliphatic rings. The lowest BCUT2D eigenvalue weighted by molar-refractivity contribution is 1.55. The molecule has 0 bridgehead atoms. The summed E-state index contributed by atoms with van der Waals surface area (Å²) in [5.74, 6) is 0. The van der Waals surface area contributed by atoms with Crippen molar-refractivity contribution in [3.63, 3.8) is 0 Å². The van der Waals surface area contributed by atoms with Gasteiger partial charge < -0.3 is 0 Å². The average molecular weight is 285 g/mol. The van der Waals surface area contributed by atoms with E-state index in [-0.39, 0.29) is 0 Å². The molecule has 3 heteroatoms. The number of thioether (sulfide) groups is 1. The molecule has 0 unspecified atom stereocenters. The molecule has 0 nitrogen and oxygen atoms in total. The molecule has 1 aromatic heterocycles. The summed E-state index contributed by atoms with van der Waals surface area (Å²) >= 11 is 7.04. The van der Waals surface area contributed by atoms with Gasteiger partial charge in [-0.1, -0.05) is 28.1 Å². The second kappa shape index (κ2) is 4.51. The second-order valence-corrected chi connectivity index (χ2v) is 5.50. The highest BCUT2D eigenvalue weighted by Crippen LogP contribution is 2.35. The lowest BCUT2D eigenvalue weighted by atomic mass is 10.2. The molecule has 0 fully saturated rings. The highest BCUT2D eigenvalue weighted by Gasteiger charge is 2.04. The lowest BCUT2D eigenvalue weighted by Crippen LogP contribution is -1.74. The number of halogens is 1. The molecule has 1 aromatic carbocycles. The fourth-order valence-electron chi connectivity index (χ4n) is 1.27. The van der Waals surface area contributed by atoms with Crippen molar-refractivity contribution in [1.29, 1.82) is 0 Å². The Labute approximate surface area is 100 Å². The van der Waals surface area contributed by atoms with E-state index in [0.29, 0.717) is 0 Å². The van der Waals surface area contributed by atoms with Gasteiger partial charge in [-0.2, -0.15) is 0 Å². The SMILES string of the molecule is CSc1ccsc1-c1ccc(Br)cc1. The average Bonchev–Trinajstić information content (AvgIpc) is 2.67. The van der Waals surface area contributed by atoms with Gasteiger partial charge in [0.15, 0.2) is 0 Å². The minimum Gasteiger partial charge on any atom is -0.143 e. The van der Waals surface area contributed by atoms with Crippen LogP contribution in [0.15, 0.2) is 45.1 Å². The number of rotatable bonds is 2. The van der Waals surface area contributed by atoms with Crippen molar-refractivity contribution < 1.29 is 0 Å². The molecular formula is C11H9BrS2. The first kappa shape index (κ1) is 10.3. The molecule has 0 aliphatic heterocycles. The van der Waals surface area contributed by atoms with Gasteiger partial charge in [-0.15, -0.1) is 23.1 Å². The van der Waals surface area contributed by atoms with E-state index in [2.05, 4.69) is 57.9 Å². The molecule has 0 amide bonds. The summed E-state index contributed by atoms with van der Waals surface area (Å²) in [6.45, 7) is 0. The Morgan fingerprint density at radius 2 is 1.86 bits per heavy atom. The first-order valence-corrected chi connectivity index (χ1v) is 7.08. The van der Waals surface area contributed by atoms with E-state index in [1.807, 2.05) is 0 Å². The first-order chi connectivity index (χ1) is 6.81. The van der Waals surface area contributed by atoms with E-state index >= 15 is 0 Å². The van der Waals surface area contributed by atoms with Crippen molar-refractivity contribution >= 4 is 39.0 Å². The predicted octanol–water partition coefficient (Wildman–Crippen LogP) is 4.90. The fourth-order valence-corrected chi connectivity index (χ4v) is 3.32. The van der Waals surface area contributed by atoms with E-state index in [9.17, 15) is 0 Å². The van der Waals surface area contributed by atoms with Crippen LogP contribution in [-0.4, -0.2) is 6.26 Å². The Morgan fingerprint density at radius 3 is 2.50 bits per heavy atom. The zero-order chi connectivity index (χ0) is 9.97. The monoisotopic (exact) mass is 284 g/mol. The summed E-state index contributed by atoms with van der Waals surface area (Å²) in [5, 5.41) is 2.14. The summed E-state index contributed by atoms with van der Waals surface area (Å²) in [7, 11) is 0. The summed E-state index contributed by atoms with van der Waals surface area (Å²) in [4.78, 5) is 2.72. The molecule has 0 atom stereocenters. The Kier molecular flexibility index (Phi) is 3.31. The molecule has 0 saturated heterocycles. The van der Waals surface area contributed by atoms with E-state index in [1.165, 1.54) is 15.3 Å². The minimum absolute atomic E-state index is 1.13. The van der Waals surface area contributed by atoms with Crippen LogP contribution in [0.25, 0.3) is 10.4 Å². The maximum absolute atomic E-state index is 3.44. The van der Waals surface area contributed by atoms with E-state index in [4.69, 9.17) is 0 Å². The quantitative estimate of drug-likeness (QED) is 0.707. The van der Waals surface area contributed by atoms with Crippen LogP contribution in [0.3, 0.4) is 0 Å². The van der Waals surface area contributed by atoms with Crippen molar-refractivity contribution in [2.75, 3.05) is 6.26 Å². The van der Waals surface area contributed by atoms with Gasteiger partial charge in [0.25, 0.3) is 0 Å². The second-order valence-electron chi connectivity index (χ2n) is 2.82. The number of benzene rings is 1. The minimum atomic E-state index is 1.13. The standard InChI is InChI=1S/C11H9BrS2/c1-13-10-6-7-14-11(10)8-2-4-9(12)5-3-8/h2-7H,1H3. The van der Waals surface area contributed by atoms with Crippen molar-refractivity contribution in [3.05, 3.63) is 40.2 Å². The molecule has 0 aliphatic carbocycles. The van der Waals surface area contributed by atoms with Gasteiger partial charge in [0, 0.05) is 14.2 Å². The third kappa shape index (κ3) is 2.05. The van der Waals surface area contributed by atoms with E-state index < -0.39 is 0 Å². The van der Waals surface area contributed by atoms with Crippen LogP contribution in [-0.2, 0) is 0 Å². The van der Waals surface area contributed by atoms with Gasteiger partial charge in [0.1, 0.15) is 0 Å². The molecule has 2 rings (SSSR count). The topological polar surface area (TPSA) is 0 Å². The molecular weight excluding hydrogens is 276 g/mol. The third-order valence-corrected chi connectivity index (χ3v) is 4.36. The van der Waals surface area contributed by atoms with Crippen molar-refractivity contribution in [1.82, 2.24) is 0 Å². The van der Waals surface area contributed by atoms with Crippen LogP contribution in [0.1, 0.15) is 0 Å². The Bertz CT molecular complexity index is 417. The number of hydrogen-bond acceptors (Lipinski definition) is 2. The fraction of sp³-hybridized carbons (Fsp3) is 0.0909. The molecule has 0 N–H and O–H groups in total. The zero-order valence-electron chi connectivity index (χ0n) is 7.66. The van der Waals surface area contributed by atoms with Gasteiger partial charge in [0.2, 0.25) is 0 Å². The molecule has 2 aromatic rings. The maximum Gasteiger partial charge on any atom is 0.0478 e. The largest absolute Gasteiger partial charge is 0.143 e. The highest BCUT2D eigenvalue weighted by molar-refractivity contribution is 9.10.